The minimum absolute atomic E-state index is 0.0334. The molecule has 0 atom stereocenters. The molecule has 0 aliphatic rings. The fourth-order valence-corrected chi connectivity index (χ4v) is 2.14. The van der Waals surface area contributed by atoms with Crippen molar-refractivity contribution in [1.82, 2.24) is 15.0 Å². The molecule has 0 saturated heterocycles. The number of hydrogen-bond acceptors (Lipinski definition) is 2. The Hall–Kier alpha value is -1.64. The third kappa shape index (κ3) is 2.30. The van der Waals surface area contributed by atoms with Crippen molar-refractivity contribution >= 4 is 0 Å². The van der Waals surface area contributed by atoms with Gasteiger partial charge in [-0.05, 0) is 31.0 Å². The highest BCUT2D eigenvalue weighted by molar-refractivity contribution is 5.36. The van der Waals surface area contributed by atoms with Gasteiger partial charge in [0.15, 0.2) is 0 Å². The van der Waals surface area contributed by atoms with Crippen LogP contribution >= 0.6 is 0 Å². The van der Waals surface area contributed by atoms with Crippen molar-refractivity contribution < 1.29 is 0 Å². The number of aromatic nitrogens is 3. The van der Waals surface area contributed by atoms with E-state index in [0.29, 0.717) is 0 Å². The Balaban J connectivity index is 2.42. The lowest BCUT2D eigenvalue weighted by Gasteiger charge is -2.15. The molecule has 1 aromatic carbocycles. The van der Waals surface area contributed by atoms with Gasteiger partial charge in [-0.15, -0.1) is 5.10 Å². The average molecular weight is 243 g/mol. The van der Waals surface area contributed by atoms with E-state index in [2.05, 4.69) is 69.2 Å². The van der Waals surface area contributed by atoms with Crippen LogP contribution in [0, 0.1) is 6.92 Å². The molecule has 96 valence electrons. The van der Waals surface area contributed by atoms with Crippen LogP contribution in [0.2, 0.25) is 0 Å². The second kappa shape index (κ2) is 4.56. The van der Waals surface area contributed by atoms with Crippen LogP contribution in [-0.2, 0) is 11.8 Å². The molecule has 0 N–H and O–H groups in total. The van der Waals surface area contributed by atoms with Crippen molar-refractivity contribution in [2.75, 3.05) is 0 Å². The van der Waals surface area contributed by atoms with E-state index in [1.807, 2.05) is 4.68 Å². The number of aryl methyl sites for hydroxylation is 1. The van der Waals surface area contributed by atoms with Crippen LogP contribution in [0.3, 0.4) is 0 Å². The van der Waals surface area contributed by atoms with Crippen molar-refractivity contribution in [3.8, 4) is 5.69 Å². The lowest BCUT2D eigenvalue weighted by molar-refractivity contribution is 0.563. The van der Waals surface area contributed by atoms with Crippen LogP contribution in [0.4, 0.5) is 0 Å². The average Bonchev–Trinajstić information content (AvgIpc) is 2.71. The number of nitrogens with zero attached hydrogens (tertiary/aromatic N) is 3. The summed E-state index contributed by atoms with van der Waals surface area (Å²) in [5.74, 6) is 0. The maximum atomic E-state index is 4.32. The highest BCUT2D eigenvalue weighted by Gasteiger charge is 2.22. The fourth-order valence-electron chi connectivity index (χ4n) is 2.14. The first-order valence-electron chi connectivity index (χ1n) is 6.45. The molecule has 0 aliphatic heterocycles. The standard InChI is InChI=1S/C15H21N3/c1-6-12-7-9-13(10-8-12)18-11(2)14(16-17-18)15(3,4)5/h7-10H,6H2,1-5H3. The molecular weight excluding hydrogens is 222 g/mol. The minimum Gasteiger partial charge on any atom is -0.218 e. The van der Waals surface area contributed by atoms with Crippen LogP contribution in [-0.4, -0.2) is 15.0 Å². The summed E-state index contributed by atoms with van der Waals surface area (Å²) in [5, 5.41) is 8.59. The zero-order valence-electron chi connectivity index (χ0n) is 11.9. The largest absolute Gasteiger partial charge is 0.218 e. The van der Waals surface area contributed by atoms with Gasteiger partial charge in [0.1, 0.15) is 0 Å². The monoisotopic (exact) mass is 243 g/mol. The summed E-state index contributed by atoms with van der Waals surface area (Å²) in [6.07, 6.45) is 1.06. The van der Waals surface area contributed by atoms with Gasteiger partial charge in [-0.3, -0.25) is 0 Å². The molecule has 3 nitrogen and oxygen atoms in total. The predicted octanol–water partition coefficient (Wildman–Crippen LogP) is 3.44. The Morgan fingerprint density at radius 3 is 2.17 bits per heavy atom. The summed E-state index contributed by atoms with van der Waals surface area (Å²) >= 11 is 0. The first-order chi connectivity index (χ1) is 8.43. The lowest BCUT2D eigenvalue weighted by atomic mass is 9.91. The van der Waals surface area contributed by atoms with Gasteiger partial charge in [0, 0.05) is 5.41 Å². The molecule has 2 rings (SSSR count). The van der Waals surface area contributed by atoms with E-state index in [1.165, 1.54) is 5.56 Å². The topological polar surface area (TPSA) is 30.7 Å². The third-order valence-corrected chi connectivity index (χ3v) is 3.19. The molecule has 0 fully saturated rings. The van der Waals surface area contributed by atoms with Gasteiger partial charge < -0.3 is 0 Å². The van der Waals surface area contributed by atoms with Crippen LogP contribution in [0.15, 0.2) is 24.3 Å². The molecule has 1 aromatic heterocycles. The van der Waals surface area contributed by atoms with Crippen LogP contribution in [0.25, 0.3) is 5.69 Å². The van der Waals surface area contributed by atoms with Crippen LogP contribution in [0.5, 0.6) is 0 Å². The van der Waals surface area contributed by atoms with Gasteiger partial charge in [0.2, 0.25) is 0 Å². The molecular formula is C15H21N3. The molecule has 0 bridgehead atoms. The third-order valence-electron chi connectivity index (χ3n) is 3.19. The maximum absolute atomic E-state index is 4.32. The lowest BCUT2D eigenvalue weighted by Crippen LogP contribution is -2.13. The van der Waals surface area contributed by atoms with Crippen LogP contribution < -0.4 is 0 Å². The summed E-state index contributed by atoms with van der Waals surface area (Å²) in [6.45, 7) is 10.7. The minimum atomic E-state index is 0.0334. The van der Waals surface area contributed by atoms with Crippen molar-refractivity contribution in [3.05, 3.63) is 41.2 Å². The van der Waals surface area contributed by atoms with E-state index in [1.54, 1.807) is 0 Å². The summed E-state index contributed by atoms with van der Waals surface area (Å²) in [7, 11) is 0. The van der Waals surface area contributed by atoms with E-state index in [9.17, 15) is 0 Å². The number of hydrogen-bond donors (Lipinski definition) is 0. The number of rotatable bonds is 2. The van der Waals surface area contributed by atoms with Gasteiger partial charge >= 0.3 is 0 Å². The van der Waals surface area contributed by atoms with Crippen molar-refractivity contribution in [1.29, 1.82) is 0 Å². The molecule has 0 unspecified atom stereocenters. The Kier molecular flexibility index (Phi) is 3.24. The van der Waals surface area contributed by atoms with Crippen molar-refractivity contribution in [2.24, 2.45) is 0 Å². The zero-order chi connectivity index (χ0) is 13.3. The molecule has 0 saturated carbocycles. The SMILES string of the molecule is CCc1ccc(-n2nnc(C(C)(C)C)c2C)cc1. The van der Waals surface area contributed by atoms with Gasteiger partial charge in [-0.2, -0.15) is 0 Å². The Bertz CT molecular complexity index is 530. The highest BCUT2D eigenvalue weighted by atomic mass is 15.4. The number of benzene rings is 1. The van der Waals surface area contributed by atoms with E-state index in [-0.39, 0.29) is 5.41 Å². The fraction of sp³-hybridized carbons (Fsp3) is 0.467. The van der Waals surface area contributed by atoms with E-state index in [4.69, 9.17) is 0 Å². The second-order valence-electron chi connectivity index (χ2n) is 5.71. The Morgan fingerprint density at radius 1 is 1.11 bits per heavy atom. The van der Waals surface area contributed by atoms with E-state index < -0.39 is 0 Å². The molecule has 0 spiro atoms. The molecule has 0 aliphatic carbocycles. The summed E-state index contributed by atoms with van der Waals surface area (Å²) < 4.78 is 1.92. The maximum Gasteiger partial charge on any atom is 0.0914 e. The van der Waals surface area contributed by atoms with Crippen molar-refractivity contribution in [3.63, 3.8) is 0 Å². The van der Waals surface area contributed by atoms with Gasteiger partial charge in [0.05, 0.1) is 17.1 Å². The first-order valence-corrected chi connectivity index (χ1v) is 6.45. The molecule has 18 heavy (non-hydrogen) atoms. The van der Waals surface area contributed by atoms with Crippen molar-refractivity contribution in [2.45, 2.75) is 46.5 Å². The normalized spacial score (nSPS) is 11.8. The summed E-state index contributed by atoms with van der Waals surface area (Å²) in [5.41, 5.74) is 4.63. The zero-order valence-corrected chi connectivity index (χ0v) is 11.9. The highest BCUT2D eigenvalue weighted by Crippen LogP contribution is 2.24. The molecule has 1 heterocycles. The molecule has 0 amide bonds. The molecule has 3 heteroatoms. The first kappa shape index (κ1) is 12.8. The van der Waals surface area contributed by atoms with E-state index >= 15 is 0 Å². The smallest absolute Gasteiger partial charge is 0.0914 e. The Labute approximate surface area is 109 Å². The summed E-state index contributed by atoms with van der Waals surface area (Å²) in [4.78, 5) is 0. The Morgan fingerprint density at radius 2 is 1.72 bits per heavy atom. The van der Waals surface area contributed by atoms with Gasteiger partial charge in [0.25, 0.3) is 0 Å². The van der Waals surface area contributed by atoms with Gasteiger partial charge in [-0.25, -0.2) is 4.68 Å². The predicted molar refractivity (Wildman–Crippen MR) is 74.2 cm³/mol. The van der Waals surface area contributed by atoms with Crippen LogP contribution in [0.1, 0.15) is 44.6 Å². The molecule has 2 aromatic rings. The second-order valence-corrected chi connectivity index (χ2v) is 5.71. The summed E-state index contributed by atoms with van der Waals surface area (Å²) in [6, 6.07) is 8.50. The molecule has 0 radical (unpaired) electrons. The van der Waals surface area contributed by atoms with Gasteiger partial charge in [-0.1, -0.05) is 45.0 Å². The quantitative estimate of drug-likeness (QED) is 0.809. The van der Waals surface area contributed by atoms with E-state index in [0.717, 1.165) is 23.5 Å².